The van der Waals surface area contributed by atoms with Crippen LogP contribution in [0.5, 0.6) is 0 Å². The van der Waals surface area contributed by atoms with Gasteiger partial charge in [-0.05, 0) is 64.8 Å². The minimum atomic E-state index is -4.39. The van der Waals surface area contributed by atoms with Gasteiger partial charge in [0.15, 0.2) is 0 Å². The van der Waals surface area contributed by atoms with Crippen LogP contribution >= 0.6 is 0 Å². The van der Waals surface area contributed by atoms with E-state index in [0.717, 1.165) is 57.7 Å². The summed E-state index contributed by atoms with van der Waals surface area (Å²) in [6, 6.07) is 0.616. The summed E-state index contributed by atoms with van der Waals surface area (Å²) < 4.78 is 35.2. The van der Waals surface area contributed by atoms with Gasteiger partial charge in [0.2, 0.25) is 11.8 Å². The first-order valence-corrected chi connectivity index (χ1v) is 12.5. The molecule has 2 heterocycles. The highest BCUT2D eigenvalue weighted by molar-refractivity contribution is 5.82. The van der Waals surface area contributed by atoms with Crippen molar-refractivity contribution in [1.29, 1.82) is 0 Å². The fourth-order valence-electron chi connectivity index (χ4n) is 4.81. The van der Waals surface area contributed by atoms with Crippen molar-refractivity contribution in [2.75, 3.05) is 19.6 Å². The Kier molecular flexibility index (Phi) is 13.1. The van der Waals surface area contributed by atoms with Gasteiger partial charge in [0.1, 0.15) is 6.42 Å². The third-order valence-electron chi connectivity index (χ3n) is 6.67. The minimum Gasteiger partial charge on any atom is -0.353 e. The second-order valence-electron chi connectivity index (χ2n) is 9.69. The summed E-state index contributed by atoms with van der Waals surface area (Å²) >= 11 is 0. The van der Waals surface area contributed by atoms with E-state index in [0.29, 0.717) is 11.9 Å². The Morgan fingerprint density at radius 1 is 0.939 bits per heavy atom. The second-order valence-corrected chi connectivity index (χ2v) is 9.69. The Morgan fingerprint density at radius 3 is 2.00 bits per heavy atom. The lowest BCUT2D eigenvalue weighted by molar-refractivity contribution is -0.154. The number of halogens is 3. The predicted molar refractivity (Wildman–Crippen MR) is 127 cm³/mol. The average Bonchev–Trinajstić information content (AvgIpc) is 3.27. The first-order chi connectivity index (χ1) is 15.6. The van der Waals surface area contributed by atoms with E-state index in [1.54, 1.807) is 0 Å². The smallest absolute Gasteiger partial charge is 0.353 e. The van der Waals surface area contributed by atoms with E-state index >= 15 is 0 Å². The summed E-state index contributed by atoms with van der Waals surface area (Å²) in [5, 5.41) is 2.38. The van der Waals surface area contributed by atoms with Crippen LogP contribution in [0, 0.1) is 5.92 Å². The van der Waals surface area contributed by atoms with Crippen LogP contribution in [0.2, 0.25) is 0 Å². The van der Waals surface area contributed by atoms with E-state index in [-0.39, 0.29) is 12.1 Å². The third-order valence-corrected chi connectivity index (χ3v) is 6.67. The van der Waals surface area contributed by atoms with E-state index in [9.17, 15) is 22.8 Å². The molecule has 1 atom stereocenters. The number of hydrogen-bond acceptors (Lipinski definition) is 3. The third kappa shape index (κ3) is 10.9. The molecule has 0 aromatic heterocycles. The van der Waals surface area contributed by atoms with Crippen molar-refractivity contribution in [2.45, 2.75) is 109 Å². The van der Waals surface area contributed by atoms with Gasteiger partial charge in [0.05, 0.1) is 6.04 Å². The lowest BCUT2D eigenvalue weighted by Crippen LogP contribution is -2.54. The predicted octanol–water partition coefficient (Wildman–Crippen LogP) is 5.31. The van der Waals surface area contributed by atoms with Crippen LogP contribution < -0.4 is 5.32 Å². The molecule has 2 amide bonds. The number of amides is 2. The molecule has 0 aromatic carbocycles. The molecular weight excluding hydrogens is 431 g/mol. The maximum absolute atomic E-state index is 12.7. The molecule has 3 fully saturated rings. The van der Waals surface area contributed by atoms with Crippen LogP contribution in [-0.2, 0) is 9.59 Å². The van der Waals surface area contributed by atoms with E-state index < -0.39 is 18.5 Å². The molecule has 2 saturated heterocycles. The summed E-state index contributed by atoms with van der Waals surface area (Å²) in [6.45, 7) is 15.8. The summed E-state index contributed by atoms with van der Waals surface area (Å²) in [4.78, 5) is 28.0. The molecule has 2 aliphatic heterocycles. The zero-order valence-electron chi connectivity index (χ0n) is 20.8. The summed E-state index contributed by atoms with van der Waals surface area (Å²) in [7, 11) is 0. The number of carbonyl (C=O) groups is 2. The van der Waals surface area contributed by atoms with Crippen molar-refractivity contribution in [1.82, 2.24) is 15.1 Å². The lowest BCUT2D eigenvalue weighted by Gasteiger charge is -2.41. The van der Waals surface area contributed by atoms with Crippen LogP contribution in [0.25, 0.3) is 0 Å². The van der Waals surface area contributed by atoms with Gasteiger partial charge in [-0.15, -0.1) is 13.2 Å². The number of nitrogens with zero attached hydrogens (tertiary/aromatic N) is 2. The first kappa shape index (κ1) is 29.5. The summed E-state index contributed by atoms with van der Waals surface area (Å²) in [5.41, 5.74) is 0. The fraction of sp³-hybridized carbons (Fsp3) is 0.840. The van der Waals surface area contributed by atoms with Crippen molar-refractivity contribution in [3.8, 4) is 0 Å². The molecule has 0 bridgehead atoms. The van der Waals surface area contributed by atoms with E-state index in [1.165, 1.54) is 25.7 Å². The maximum atomic E-state index is 12.7. The monoisotopic (exact) mass is 475 g/mol. The van der Waals surface area contributed by atoms with Gasteiger partial charge in [-0.3, -0.25) is 14.5 Å². The van der Waals surface area contributed by atoms with Gasteiger partial charge in [-0.2, -0.15) is 13.2 Å². The van der Waals surface area contributed by atoms with Crippen LogP contribution in [-0.4, -0.2) is 65.6 Å². The highest BCUT2D eigenvalue weighted by atomic mass is 19.4. The van der Waals surface area contributed by atoms with Crippen molar-refractivity contribution >= 4 is 11.8 Å². The van der Waals surface area contributed by atoms with Crippen LogP contribution in [0.15, 0.2) is 13.2 Å². The molecule has 1 saturated carbocycles. The molecule has 0 unspecified atom stereocenters. The van der Waals surface area contributed by atoms with Crippen LogP contribution in [0.1, 0.15) is 85.0 Å². The maximum Gasteiger partial charge on any atom is 0.397 e. The number of rotatable bonds is 4. The molecule has 33 heavy (non-hydrogen) atoms. The average molecular weight is 476 g/mol. The Labute approximate surface area is 198 Å². The minimum absolute atomic E-state index is 0.0325. The molecule has 0 spiro atoms. The largest absolute Gasteiger partial charge is 0.397 e. The number of nitrogens with one attached hydrogen (secondary N) is 1. The Bertz CT molecular complexity index is 584. The summed E-state index contributed by atoms with van der Waals surface area (Å²) in [6.07, 6.45) is 3.75. The Balaban J connectivity index is 0.000000322. The van der Waals surface area contributed by atoms with Crippen LogP contribution in [0.3, 0.4) is 0 Å². The quantitative estimate of drug-likeness (QED) is 0.561. The standard InChI is InChI=1S/C15H28N2O.C8H12F3NO.C2H4/c1-12(2)17-9-5-4-6-14(17)15(18)16-10-7-13(3)8-11-16;9-8(10,11)5-7(13)12-6-3-1-2-4-6;1-2/h12-14H,4-11H2,1-3H3;6H,1-5H2,(H,12,13);1-2H2/t14-;;/m0../s1. The normalized spacial score (nSPS) is 22.8. The highest BCUT2D eigenvalue weighted by Crippen LogP contribution is 2.24. The molecule has 192 valence electrons. The van der Waals surface area contributed by atoms with E-state index in [1.807, 2.05) is 0 Å². The van der Waals surface area contributed by atoms with Gasteiger partial charge in [0.25, 0.3) is 0 Å². The molecule has 8 heteroatoms. The van der Waals surface area contributed by atoms with Crippen molar-refractivity contribution in [2.24, 2.45) is 5.92 Å². The molecule has 1 N–H and O–H groups in total. The molecule has 3 rings (SSSR count). The second kappa shape index (κ2) is 14.6. The lowest BCUT2D eigenvalue weighted by atomic mass is 9.95. The van der Waals surface area contributed by atoms with Gasteiger partial charge in [-0.1, -0.05) is 26.2 Å². The molecule has 0 aromatic rings. The van der Waals surface area contributed by atoms with Gasteiger partial charge >= 0.3 is 6.18 Å². The number of alkyl halides is 3. The van der Waals surface area contributed by atoms with E-state index in [4.69, 9.17) is 0 Å². The zero-order valence-corrected chi connectivity index (χ0v) is 20.8. The topological polar surface area (TPSA) is 52.7 Å². The van der Waals surface area contributed by atoms with Crippen molar-refractivity contribution in [3.63, 3.8) is 0 Å². The van der Waals surface area contributed by atoms with Crippen molar-refractivity contribution in [3.05, 3.63) is 13.2 Å². The first-order valence-electron chi connectivity index (χ1n) is 12.5. The van der Waals surface area contributed by atoms with Gasteiger partial charge in [0, 0.05) is 25.2 Å². The van der Waals surface area contributed by atoms with E-state index in [2.05, 4.69) is 49.0 Å². The van der Waals surface area contributed by atoms with Crippen LogP contribution in [0.4, 0.5) is 13.2 Å². The molecular formula is C25H44F3N3O2. The molecule has 3 aliphatic rings. The van der Waals surface area contributed by atoms with Gasteiger partial charge < -0.3 is 10.2 Å². The number of carbonyl (C=O) groups excluding carboxylic acids is 2. The zero-order chi connectivity index (χ0) is 25.0. The van der Waals surface area contributed by atoms with Gasteiger partial charge in [-0.25, -0.2) is 0 Å². The molecule has 0 radical (unpaired) electrons. The number of hydrogen-bond donors (Lipinski definition) is 1. The number of piperidine rings is 2. The molecule has 1 aliphatic carbocycles. The SMILES string of the molecule is C=C.CC1CCN(C(=O)[C@@H]2CCCCN2C(C)C)CC1.O=C(CC(F)(F)F)NC1CCCC1. The summed E-state index contributed by atoms with van der Waals surface area (Å²) in [5.74, 6) is 0.288. The fourth-order valence-corrected chi connectivity index (χ4v) is 4.81. The van der Waals surface area contributed by atoms with Crippen molar-refractivity contribution < 1.29 is 22.8 Å². The Hall–Kier alpha value is -1.57. The highest BCUT2D eigenvalue weighted by Gasteiger charge is 2.34. The number of likely N-dealkylation sites (tertiary alicyclic amines) is 2. The molecule has 5 nitrogen and oxygen atoms in total. The Morgan fingerprint density at radius 2 is 1.48 bits per heavy atom.